The maximum Gasteiger partial charge on any atom is 0.311 e. The second-order valence-corrected chi connectivity index (χ2v) is 3.39. The summed E-state index contributed by atoms with van der Waals surface area (Å²) in [6.07, 6.45) is 1.84. The third-order valence-electron chi connectivity index (χ3n) is 2.38. The summed E-state index contributed by atoms with van der Waals surface area (Å²) in [6, 6.07) is 4.38. The van der Waals surface area contributed by atoms with Crippen LogP contribution in [-0.4, -0.2) is 22.3 Å². The molecule has 0 atom stereocenters. The largest absolute Gasteiger partial charge is 0.502 e. The van der Waals surface area contributed by atoms with Crippen molar-refractivity contribution >= 4 is 11.4 Å². The Balaban J connectivity index is 2.42. The van der Waals surface area contributed by atoms with Gasteiger partial charge in [-0.2, -0.15) is 0 Å². The van der Waals surface area contributed by atoms with E-state index in [2.05, 4.69) is 4.99 Å². The van der Waals surface area contributed by atoms with Crippen LogP contribution in [0, 0.1) is 10.1 Å². The zero-order chi connectivity index (χ0) is 10.8. The molecule has 1 heterocycles. The molecular weight excluding hydrogens is 196 g/mol. The molecule has 0 aliphatic carbocycles. The number of phenols is 1. The zero-order valence-corrected chi connectivity index (χ0v) is 8.01. The fourth-order valence-electron chi connectivity index (χ4n) is 1.62. The summed E-state index contributed by atoms with van der Waals surface area (Å²) in [4.78, 5) is 14.3. The molecule has 2 rings (SSSR count). The highest BCUT2D eigenvalue weighted by molar-refractivity contribution is 6.02. The van der Waals surface area contributed by atoms with E-state index in [0.29, 0.717) is 0 Å². The highest BCUT2D eigenvalue weighted by atomic mass is 16.6. The van der Waals surface area contributed by atoms with Crippen molar-refractivity contribution in [1.29, 1.82) is 0 Å². The maximum absolute atomic E-state index is 10.6. The average molecular weight is 206 g/mol. The van der Waals surface area contributed by atoms with Crippen LogP contribution in [0.5, 0.6) is 5.75 Å². The standard InChI is InChI=1S/C10H10N2O3/c13-10-4-3-7(6-9(10)12(14)15)8-2-1-5-11-8/h3-4,6,13H,1-2,5H2. The number of nitro benzene ring substituents is 1. The maximum atomic E-state index is 10.6. The zero-order valence-electron chi connectivity index (χ0n) is 8.01. The van der Waals surface area contributed by atoms with E-state index in [9.17, 15) is 15.2 Å². The van der Waals surface area contributed by atoms with Crippen LogP contribution in [0.3, 0.4) is 0 Å². The number of hydrogen-bond acceptors (Lipinski definition) is 4. The van der Waals surface area contributed by atoms with Gasteiger partial charge in [0, 0.05) is 23.9 Å². The number of nitro groups is 1. The van der Waals surface area contributed by atoms with Crippen molar-refractivity contribution in [1.82, 2.24) is 0 Å². The van der Waals surface area contributed by atoms with Crippen molar-refractivity contribution in [2.45, 2.75) is 12.8 Å². The minimum atomic E-state index is -0.589. The second kappa shape index (κ2) is 3.68. The van der Waals surface area contributed by atoms with Crippen molar-refractivity contribution in [2.24, 2.45) is 4.99 Å². The fourth-order valence-corrected chi connectivity index (χ4v) is 1.62. The molecule has 5 nitrogen and oxygen atoms in total. The lowest BCUT2D eigenvalue weighted by molar-refractivity contribution is -0.385. The van der Waals surface area contributed by atoms with Crippen LogP contribution in [-0.2, 0) is 0 Å². The van der Waals surface area contributed by atoms with Gasteiger partial charge in [-0.1, -0.05) is 0 Å². The lowest BCUT2D eigenvalue weighted by Crippen LogP contribution is -1.98. The lowest BCUT2D eigenvalue weighted by atomic mass is 10.1. The smallest absolute Gasteiger partial charge is 0.311 e. The summed E-state index contributed by atoms with van der Waals surface area (Å²) in [5, 5.41) is 19.9. The number of rotatable bonds is 2. The monoisotopic (exact) mass is 206 g/mol. The summed E-state index contributed by atoms with van der Waals surface area (Å²) in [5.74, 6) is -0.303. The summed E-state index contributed by atoms with van der Waals surface area (Å²) in [5.41, 5.74) is 1.36. The van der Waals surface area contributed by atoms with Crippen molar-refractivity contribution in [3.63, 3.8) is 0 Å². The van der Waals surface area contributed by atoms with Gasteiger partial charge in [0.2, 0.25) is 0 Å². The summed E-state index contributed by atoms with van der Waals surface area (Å²) in [6.45, 7) is 0.782. The van der Waals surface area contributed by atoms with Crippen molar-refractivity contribution < 1.29 is 10.0 Å². The second-order valence-electron chi connectivity index (χ2n) is 3.39. The predicted octanol–water partition coefficient (Wildman–Crippen LogP) is 1.88. The van der Waals surface area contributed by atoms with E-state index in [4.69, 9.17) is 0 Å². The first-order valence-corrected chi connectivity index (χ1v) is 4.69. The van der Waals surface area contributed by atoms with Crippen molar-refractivity contribution in [3.05, 3.63) is 33.9 Å². The van der Waals surface area contributed by atoms with Crippen LogP contribution in [0.1, 0.15) is 18.4 Å². The van der Waals surface area contributed by atoms with Gasteiger partial charge in [0.05, 0.1) is 4.92 Å². The number of aliphatic imine (C=N–C) groups is 1. The van der Waals surface area contributed by atoms with Gasteiger partial charge in [0.15, 0.2) is 5.75 Å². The normalized spacial score (nSPS) is 15.1. The third kappa shape index (κ3) is 1.81. The molecule has 0 aromatic heterocycles. The highest BCUT2D eigenvalue weighted by Crippen LogP contribution is 2.27. The fraction of sp³-hybridized carbons (Fsp3) is 0.300. The van der Waals surface area contributed by atoms with Crippen LogP contribution >= 0.6 is 0 Å². The first-order chi connectivity index (χ1) is 7.18. The molecule has 0 radical (unpaired) electrons. The van der Waals surface area contributed by atoms with Crippen LogP contribution in [0.2, 0.25) is 0 Å². The van der Waals surface area contributed by atoms with Gasteiger partial charge >= 0.3 is 5.69 Å². The Morgan fingerprint density at radius 1 is 1.47 bits per heavy atom. The number of benzene rings is 1. The molecular formula is C10H10N2O3. The average Bonchev–Trinajstić information content (AvgIpc) is 2.71. The number of hydrogen-bond donors (Lipinski definition) is 1. The van der Waals surface area contributed by atoms with Gasteiger partial charge in [-0.05, 0) is 25.0 Å². The molecule has 1 aromatic rings. The molecule has 78 valence electrons. The molecule has 1 aliphatic rings. The van der Waals surface area contributed by atoms with Crippen LogP contribution in [0.4, 0.5) is 5.69 Å². The van der Waals surface area contributed by atoms with Gasteiger partial charge in [-0.25, -0.2) is 0 Å². The number of aromatic hydroxyl groups is 1. The van der Waals surface area contributed by atoms with Crippen LogP contribution in [0.15, 0.2) is 23.2 Å². The molecule has 0 bridgehead atoms. The van der Waals surface area contributed by atoms with Gasteiger partial charge in [-0.15, -0.1) is 0 Å². The van der Waals surface area contributed by atoms with E-state index in [-0.39, 0.29) is 11.4 Å². The van der Waals surface area contributed by atoms with E-state index >= 15 is 0 Å². The minimum Gasteiger partial charge on any atom is -0.502 e. The molecule has 5 heteroatoms. The summed E-state index contributed by atoms with van der Waals surface area (Å²) >= 11 is 0. The van der Waals surface area contributed by atoms with Crippen molar-refractivity contribution in [3.8, 4) is 5.75 Å². The molecule has 1 aromatic carbocycles. The molecule has 0 unspecified atom stereocenters. The van der Waals surface area contributed by atoms with Gasteiger partial charge in [0.25, 0.3) is 0 Å². The lowest BCUT2D eigenvalue weighted by Gasteiger charge is -2.01. The third-order valence-corrected chi connectivity index (χ3v) is 2.38. The van der Waals surface area contributed by atoms with E-state index in [1.807, 2.05) is 0 Å². The van der Waals surface area contributed by atoms with Crippen LogP contribution in [0.25, 0.3) is 0 Å². The molecule has 1 aliphatic heterocycles. The number of phenolic OH excluding ortho intramolecular Hbond substituents is 1. The van der Waals surface area contributed by atoms with Gasteiger partial charge in [-0.3, -0.25) is 15.1 Å². The molecule has 0 saturated carbocycles. The Morgan fingerprint density at radius 2 is 2.27 bits per heavy atom. The Morgan fingerprint density at radius 3 is 2.87 bits per heavy atom. The molecule has 0 fully saturated rings. The first-order valence-electron chi connectivity index (χ1n) is 4.69. The van der Waals surface area contributed by atoms with Crippen LogP contribution < -0.4 is 0 Å². The highest BCUT2D eigenvalue weighted by Gasteiger charge is 2.17. The first kappa shape index (κ1) is 9.64. The molecule has 0 spiro atoms. The van der Waals surface area contributed by atoms with E-state index in [1.165, 1.54) is 12.1 Å². The Bertz CT molecular complexity index is 440. The SMILES string of the molecule is O=[N+]([O-])c1cc(C2=NCCC2)ccc1O. The minimum absolute atomic E-state index is 0.262. The molecule has 0 saturated heterocycles. The molecule has 1 N–H and O–H groups in total. The molecule has 15 heavy (non-hydrogen) atoms. The molecule has 0 amide bonds. The Hall–Kier alpha value is -1.91. The summed E-state index contributed by atoms with van der Waals surface area (Å²) < 4.78 is 0. The van der Waals surface area contributed by atoms with Gasteiger partial charge in [0.1, 0.15) is 0 Å². The predicted molar refractivity (Wildman–Crippen MR) is 55.4 cm³/mol. The topological polar surface area (TPSA) is 75.7 Å². The summed E-state index contributed by atoms with van der Waals surface area (Å²) in [7, 11) is 0. The van der Waals surface area contributed by atoms with E-state index < -0.39 is 4.92 Å². The van der Waals surface area contributed by atoms with E-state index in [0.717, 1.165) is 30.7 Å². The Labute approximate surface area is 86.2 Å². The Kier molecular flexibility index (Phi) is 2.37. The quantitative estimate of drug-likeness (QED) is 0.592. The van der Waals surface area contributed by atoms with E-state index in [1.54, 1.807) is 6.07 Å². The van der Waals surface area contributed by atoms with Gasteiger partial charge < -0.3 is 5.11 Å². The number of nitrogens with zero attached hydrogens (tertiary/aromatic N) is 2. The van der Waals surface area contributed by atoms with Crippen molar-refractivity contribution in [2.75, 3.05) is 6.54 Å².